The third-order valence-electron chi connectivity index (χ3n) is 5.04. The number of nitrogens with zero attached hydrogens (tertiary/aromatic N) is 1. The summed E-state index contributed by atoms with van der Waals surface area (Å²) in [6, 6.07) is 19.6. The maximum absolute atomic E-state index is 12.8. The Morgan fingerprint density at radius 1 is 0.679 bits per heavy atom. The highest BCUT2D eigenvalue weighted by Gasteiger charge is 2.16. The minimum atomic E-state index is -0.0617. The molecule has 2 aromatic carbocycles. The van der Waals surface area contributed by atoms with Crippen LogP contribution in [0.15, 0.2) is 60.7 Å². The number of nitrogens with one attached hydrogen (secondary N) is 1. The van der Waals surface area contributed by atoms with E-state index in [2.05, 4.69) is 12.2 Å². The number of para-hydroxylation sites is 2. The zero-order chi connectivity index (χ0) is 19.9. The number of anilines is 2. The van der Waals surface area contributed by atoms with Crippen LogP contribution in [0.2, 0.25) is 0 Å². The van der Waals surface area contributed by atoms with E-state index in [1.165, 1.54) is 57.8 Å². The van der Waals surface area contributed by atoms with Crippen molar-refractivity contribution in [1.82, 2.24) is 5.32 Å². The molecule has 0 aliphatic carbocycles. The summed E-state index contributed by atoms with van der Waals surface area (Å²) < 4.78 is 0. The van der Waals surface area contributed by atoms with Gasteiger partial charge < -0.3 is 5.32 Å². The summed E-state index contributed by atoms with van der Waals surface area (Å²) in [6.45, 7) is 2.99. The van der Waals surface area contributed by atoms with Gasteiger partial charge in [-0.3, -0.25) is 4.90 Å². The first-order valence-corrected chi connectivity index (χ1v) is 11.0. The molecule has 28 heavy (non-hydrogen) atoms. The van der Waals surface area contributed by atoms with Gasteiger partial charge in [-0.05, 0) is 30.7 Å². The van der Waals surface area contributed by atoms with Crippen molar-refractivity contribution in [2.45, 2.75) is 71.1 Å². The van der Waals surface area contributed by atoms with Crippen molar-refractivity contribution in [3.63, 3.8) is 0 Å². The van der Waals surface area contributed by atoms with Crippen LogP contribution in [0.25, 0.3) is 0 Å². The van der Waals surface area contributed by atoms with Gasteiger partial charge >= 0.3 is 6.03 Å². The molecule has 2 aromatic rings. The fourth-order valence-corrected chi connectivity index (χ4v) is 3.42. The van der Waals surface area contributed by atoms with Crippen molar-refractivity contribution in [3.05, 3.63) is 60.7 Å². The highest BCUT2D eigenvalue weighted by Crippen LogP contribution is 2.24. The molecule has 0 fully saturated rings. The number of urea groups is 1. The minimum absolute atomic E-state index is 0.0617. The molecular formula is C25H36N2O. The van der Waals surface area contributed by atoms with E-state index >= 15 is 0 Å². The summed E-state index contributed by atoms with van der Waals surface area (Å²) in [4.78, 5) is 14.6. The molecule has 3 heteroatoms. The van der Waals surface area contributed by atoms with Gasteiger partial charge in [-0.25, -0.2) is 4.79 Å². The van der Waals surface area contributed by atoms with Crippen molar-refractivity contribution >= 4 is 17.4 Å². The Bertz CT molecular complexity index is 603. The zero-order valence-electron chi connectivity index (χ0n) is 17.4. The molecule has 0 saturated carbocycles. The van der Waals surface area contributed by atoms with Gasteiger partial charge in [-0.15, -0.1) is 0 Å². The van der Waals surface area contributed by atoms with Crippen molar-refractivity contribution in [2.75, 3.05) is 11.4 Å². The van der Waals surface area contributed by atoms with Crippen LogP contribution in [-0.4, -0.2) is 12.6 Å². The SMILES string of the molecule is CCCCCCCCCCCCNC(=O)N(c1ccccc1)c1ccccc1. The van der Waals surface area contributed by atoms with Crippen molar-refractivity contribution in [2.24, 2.45) is 0 Å². The maximum Gasteiger partial charge on any atom is 0.326 e. The molecule has 3 nitrogen and oxygen atoms in total. The number of hydrogen-bond acceptors (Lipinski definition) is 1. The summed E-state index contributed by atoms with van der Waals surface area (Å²) in [5.41, 5.74) is 1.77. The molecule has 152 valence electrons. The summed E-state index contributed by atoms with van der Waals surface area (Å²) in [6.07, 6.45) is 13.0. The lowest BCUT2D eigenvalue weighted by Gasteiger charge is -2.23. The van der Waals surface area contributed by atoms with E-state index in [1.807, 2.05) is 60.7 Å². The lowest BCUT2D eigenvalue weighted by molar-refractivity contribution is 0.248. The Morgan fingerprint density at radius 3 is 1.57 bits per heavy atom. The summed E-state index contributed by atoms with van der Waals surface area (Å²) >= 11 is 0. The van der Waals surface area contributed by atoms with Crippen LogP contribution in [0, 0.1) is 0 Å². The van der Waals surface area contributed by atoms with Gasteiger partial charge in [0.1, 0.15) is 0 Å². The Hall–Kier alpha value is -2.29. The highest BCUT2D eigenvalue weighted by atomic mass is 16.2. The van der Waals surface area contributed by atoms with Gasteiger partial charge in [0.15, 0.2) is 0 Å². The molecular weight excluding hydrogens is 344 g/mol. The number of unbranched alkanes of at least 4 members (excludes halogenated alkanes) is 9. The number of hydrogen-bond donors (Lipinski definition) is 1. The van der Waals surface area contributed by atoms with Crippen LogP contribution in [0.5, 0.6) is 0 Å². The van der Waals surface area contributed by atoms with Crippen LogP contribution < -0.4 is 10.2 Å². The fraction of sp³-hybridized carbons (Fsp3) is 0.480. The van der Waals surface area contributed by atoms with Crippen LogP contribution in [0.4, 0.5) is 16.2 Å². The van der Waals surface area contributed by atoms with Crippen LogP contribution in [0.1, 0.15) is 71.1 Å². The largest absolute Gasteiger partial charge is 0.337 e. The van der Waals surface area contributed by atoms with E-state index in [0.717, 1.165) is 24.3 Å². The second-order valence-corrected chi connectivity index (χ2v) is 7.42. The molecule has 0 atom stereocenters. The van der Waals surface area contributed by atoms with Crippen molar-refractivity contribution in [3.8, 4) is 0 Å². The lowest BCUT2D eigenvalue weighted by Crippen LogP contribution is -2.37. The molecule has 0 aliphatic heterocycles. The molecule has 0 spiro atoms. The average molecular weight is 381 g/mol. The zero-order valence-corrected chi connectivity index (χ0v) is 17.4. The molecule has 0 aromatic heterocycles. The number of rotatable bonds is 13. The van der Waals surface area contributed by atoms with Gasteiger partial charge in [-0.2, -0.15) is 0 Å². The van der Waals surface area contributed by atoms with Crippen molar-refractivity contribution < 1.29 is 4.79 Å². The molecule has 0 saturated heterocycles. The number of carbonyl (C=O) groups excluding carboxylic acids is 1. The topological polar surface area (TPSA) is 32.3 Å². The molecule has 0 aliphatic rings. The Kier molecular flexibility index (Phi) is 10.9. The number of benzene rings is 2. The predicted octanol–water partition coefficient (Wildman–Crippen LogP) is 7.46. The summed E-state index contributed by atoms with van der Waals surface area (Å²) in [5, 5.41) is 3.09. The van der Waals surface area contributed by atoms with Gasteiger partial charge in [0, 0.05) is 6.54 Å². The molecule has 1 N–H and O–H groups in total. The molecule has 0 heterocycles. The quantitative estimate of drug-likeness (QED) is 0.359. The van der Waals surface area contributed by atoms with E-state index in [9.17, 15) is 4.79 Å². The summed E-state index contributed by atoms with van der Waals surface area (Å²) in [7, 11) is 0. The van der Waals surface area contributed by atoms with Gasteiger partial charge in [0.25, 0.3) is 0 Å². The number of amides is 2. The van der Waals surface area contributed by atoms with E-state index in [4.69, 9.17) is 0 Å². The Labute approximate surface area is 171 Å². The minimum Gasteiger partial charge on any atom is -0.337 e. The summed E-state index contributed by atoms with van der Waals surface area (Å²) in [5.74, 6) is 0. The molecule has 2 rings (SSSR count). The average Bonchev–Trinajstić information content (AvgIpc) is 2.74. The van der Waals surface area contributed by atoms with E-state index in [1.54, 1.807) is 4.90 Å². The first-order valence-electron chi connectivity index (χ1n) is 11.0. The smallest absolute Gasteiger partial charge is 0.326 e. The monoisotopic (exact) mass is 380 g/mol. The Balaban J connectivity index is 1.69. The van der Waals surface area contributed by atoms with Crippen LogP contribution >= 0.6 is 0 Å². The van der Waals surface area contributed by atoms with Gasteiger partial charge in [0.05, 0.1) is 11.4 Å². The maximum atomic E-state index is 12.8. The number of carbonyl (C=O) groups is 1. The second-order valence-electron chi connectivity index (χ2n) is 7.42. The molecule has 0 radical (unpaired) electrons. The molecule has 2 amide bonds. The second kappa shape index (κ2) is 13.8. The fourth-order valence-electron chi connectivity index (χ4n) is 3.42. The van der Waals surface area contributed by atoms with E-state index in [0.29, 0.717) is 0 Å². The van der Waals surface area contributed by atoms with Gasteiger partial charge in [-0.1, -0.05) is 101 Å². The first kappa shape index (κ1) is 22.0. The normalized spacial score (nSPS) is 10.6. The predicted molar refractivity (Wildman–Crippen MR) is 120 cm³/mol. The van der Waals surface area contributed by atoms with Crippen LogP contribution in [0.3, 0.4) is 0 Å². The third kappa shape index (κ3) is 8.16. The molecule has 0 unspecified atom stereocenters. The van der Waals surface area contributed by atoms with Crippen LogP contribution in [-0.2, 0) is 0 Å². The lowest BCUT2D eigenvalue weighted by atomic mass is 10.1. The van der Waals surface area contributed by atoms with Crippen molar-refractivity contribution in [1.29, 1.82) is 0 Å². The first-order chi connectivity index (χ1) is 13.8. The highest BCUT2D eigenvalue weighted by molar-refractivity contribution is 5.99. The molecule has 0 bridgehead atoms. The Morgan fingerprint density at radius 2 is 1.11 bits per heavy atom. The third-order valence-corrected chi connectivity index (χ3v) is 5.04. The van der Waals surface area contributed by atoms with E-state index < -0.39 is 0 Å². The standard InChI is InChI=1S/C25H36N2O/c1-2-3-4-5-6-7-8-9-10-17-22-26-25(28)27(23-18-13-11-14-19-23)24-20-15-12-16-21-24/h11-16,18-21H,2-10,17,22H2,1H3,(H,26,28). The van der Waals surface area contributed by atoms with E-state index in [-0.39, 0.29) is 6.03 Å². The van der Waals surface area contributed by atoms with Gasteiger partial charge in [0.2, 0.25) is 0 Å².